The average molecular weight is 1110 g/mol. The quantitative estimate of drug-likeness (QED) is 0.0261. The van der Waals surface area contributed by atoms with Crippen molar-refractivity contribution in [2.75, 3.05) is 13.2 Å². The van der Waals surface area contributed by atoms with Crippen LogP contribution in [0.1, 0.15) is 367 Å². The van der Waals surface area contributed by atoms with Crippen LogP contribution >= 0.6 is 0 Å². The Morgan fingerprint density at radius 3 is 0.785 bits per heavy atom. The summed E-state index contributed by atoms with van der Waals surface area (Å²) >= 11 is 0. The maximum atomic E-state index is 12.9. The first-order valence-corrected chi connectivity index (χ1v) is 34.8. The molecule has 460 valence electrons. The SMILES string of the molecule is CC/C=C\C/C=C\C/C=C\CCCCCCCC(=O)OC(COC(=O)CCCCCCC/C=C\CCCCCCCC)COC(=O)CCCCCCCCCCCCCCCCCCCCC/C=C\CCCCCCCCCC. The third-order valence-corrected chi connectivity index (χ3v) is 15.5. The van der Waals surface area contributed by atoms with Crippen LogP contribution in [0.25, 0.3) is 0 Å². The number of carbonyl (C=O) groups excluding carboxylic acids is 3. The molecule has 1 unspecified atom stereocenters. The first-order valence-electron chi connectivity index (χ1n) is 34.8. The van der Waals surface area contributed by atoms with E-state index in [2.05, 4.69) is 81.5 Å². The molecule has 0 aromatic carbocycles. The molecule has 0 aliphatic heterocycles. The van der Waals surface area contributed by atoms with Gasteiger partial charge in [0.05, 0.1) is 0 Å². The van der Waals surface area contributed by atoms with Gasteiger partial charge in [-0.05, 0) is 103 Å². The highest BCUT2D eigenvalue weighted by molar-refractivity contribution is 5.71. The minimum Gasteiger partial charge on any atom is -0.462 e. The lowest BCUT2D eigenvalue weighted by molar-refractivity contribution is -0.167. The molecular formula is C73H132O6. The van der Waals surface area contributed by atoms with Crippen molar-refractivity contribution in [2.45, 2.75) is 374 Å². The van der Waals surface area contributed by atoms with Crippen molar-refractivity contribution in [2.24, 2.45) is 0 Å². The van der Waals surface area contributed by atoms with E-state index in [1.165, 1.54) is 225 Å². The van der Waals surface area contributed by atoms with Crippen LogP contribution in [0.5, 0.6) is 0 Å². The smallest absolute Gasteiger partial charge is 0.306 e. The number of hydrogen-bond donors (Lipinski definition) is 0. The van der Waals surface area contributed by atoms with Crippen molar-refractivity contribution in [1.82, 2.24) is 0 Å². The molecule has 0 aromatic rings. The molecule has 0 fully saturated rings. The molecule has 0 bridgehead atoms. The predicted molar refractivity (Wildman–Crippen MR) is 344 cm³/mol. The average Bonchev–Trinajstić information content (AvgIpc) is 3.45. The van der Waals surface area contributed by atoms with Crippen LogP contribution in [-0.4, -0.2) is 37.2 Å². The van der Waals surface area contributed by atoms with Crippen LogP contribution in [0.2, 0.25) is 0 Å². The molecule has 0 rings (SSSR count). The number of esters is 3. The number of hydrogen-bond acceptors (Lipinski definition) is 6. The highest BCUT2D eigenvalue weighted by atomic mass is 16.6. The third kappa shape index (κ3) is 65.8. The summed E-state index contributed by atoms with van der Waals surface area (Å²) in [6.45, 7) is 6.55. The van der Waals surface area contributed by atoms with E-state index in [0.717, 1.165) is 103 Å². The van der Waals surface area contributed by atoms with Gasteiger partial charge in [-0.2, -0.15) is 0 Å². The molecule has 0 aliphatic rings. The molecule has 0 radical (unpaired) electrons. The van der Waals surface area contributed by atoms with E-state index >= 15 is 0 Å². The van der Waals surface area contributed by atoms with Crippen molar-refractivity contribution < 1.29 is 28.6 Å². The Kier molecular flexibility index (Phi) is 65.1. The maximum Gasteiger partial charge on any atom is 0.306 e. The van der Waals surface area contributed by atoms with Gasteiger partial charge in [0.25, 0.3) is 0 Å². The highest BCUT2D eigenvalue weighted by Crippen LogP contribution is 2.18. The summed E-state index contributed by atoms with van der Waals surface area (Å²) in [6, 6.07) is 0. The molecule has 0 spiro atoms. The third-order valence-electron chi connectivity index (χ3n) is 15.5. The van der Waals surface area contributed by atoms with Crippen LogP contribution in [0.15, 0.2) is 60.8 Å². The summed E-state index contributed by atoms with van der Waals surface area (Å²) in [5.41, 5.74) is 0. The molecule has 0 saturated heterocycles. The summed E-state index contributed by atoms with van der Waals surface area (Å²) in [5.74, 6) is -0.887. The Morgan fingerprint density at radius 2 is 0.494 bits per heavy atom. The Balaban J connectivity index is 4.17. The lowest BCUT2D eigenvalue weighted by Crippen LogP contribution is -2.30. The fourth-order valence-electron chi connectivity index (χ4n) is 10.3. The van der Waals surface area contributed by atoms with Crippen LogP contribution < -0.4 is 0 Å². The molecular weight excluding hydrogens is 973 g/mol. The number of carbonyl (C=O) groups is 3. The number of allylic oxidation sites excluding steroid dienone is 10. The zero-order chi connectivity index (χ0) is 57.1. The standard InChI is InChI=1S/C73H132O6/c1-4-7-10-13-16-19-22-25-28-29-30-31-32-33-34-35-36-37-38-39-40-41-42-43-46-48-51-54-57-60-63-66-72(75)78-69-70(79-73(76)67-64-61-58-55-52-49-45-27-24-21-18-15-12-9-6-3)68-77-71(74)65-62-59-56-53-50-47-44-26-23-20-17-14-11-8-5-2/h9,12,18,21,26-27,29-30,44-45,70H,4-8,10-11,13-17,19-20,22-25,28,31-43,46-69H2,1-3H3/b12-9-,21-18-,30-29-,44-26-,45-27-. The van der Waals surface area contributed by atoms with Crippen LogP contribution in [-0.2, 0) is 28.6 Å². The largest absolute Gasteiger partial charge is 0.462 e. The van der Waals surface area contributed by atoms with E-state index in [1.54, 1.807) is 0 Å². The van der Waals surface area contributed by atoms with E-state index < -0.39 is 6.10 Å². The lowest BCUT2D eigenvalue weighted by Gasteiger charge is -2.18. The van der Waals surface area contributed by atoms with Gasteiger partial charge in [-0.25, -0.2) is 0 Å². The number of rotatable bonds is 64. The minimum absolute atomic E-state index is 0.0808. The van der Waals surface area contributed by atoms with Crippen molar-refractivity contribution in [3.05, 3.63) is 60.8 Å². The molecule has 1 atom stereocenters. The van der Waals surface area contributed by atoms with Gasteiger partial charge in [-0.15, -0.1) is 0 Å². The zero-order valence-electron chi connectivity index (χ0n) is 52.9. The molecule has 6 heteroatoms. The normalized spacial score (nSPS) is 12.4. The molecule has 0 heterocycles. The second-order valence-corrected chi connectivity index (χ2v) is 23.4. The molecule has 0 aliphatic carbocycles. The molecule has 0 amide bonds. The lowest BCUT2D eigenvalue weighted by atomic mass is 10.0. The Hall–Kier alpha value is -2.89. The van der Waals surface area contributed by atoms with Crippen LogP contribution in [0.3, 0.4) is 0 Å². The summed E-state index contributed by atoms with van der Waals surface area (Å²) in [5, 5.41) is 0. The van der Waals surface area contributed by atoms with Crippen LogP contribution in [0.4, 0.5) is 0 Å². The van der Waals surface area contributed by atoms with E-state index in [0.29, 0.717) is 19.3 Å². The summed E-state index contributed by atoms with van der Waals surface area (Å²) in [4.78, 5) is 38.3. The van der Waals surface area contributed by atoms with Crippen molar-refractivity contribution in [1.29, 1.82) is 0 Å². The van der Waals surface area contributed by atoms with E-state index in [9.17, 15) is 14.4 Å². The minimum atomic E-state index is -0.786. The summed E-state index contributed by atoms with van der Waals surface area (Å²) in [6.07, 6.45) is 86.9. The molecule has 0 saturated carbocycles. The molecule has 0 aromatic heterocycles. The van der Waals surface area contributed by atoms with Gasteiger partial charge >= 0.3 is 17.9 Å². The first-order chi connectivity index (χ1) is 39.0. The summed E-state index contributed by atoms with van der Waals surface area (Å²) < 4.78 is 16.9. The van der Waals surface area contributed by atoms with E-state index in [4.69, 9.17) is 14.2 Å². The Morgan fingerprint density at radius 1 is 0.266 bits per heavy atom. The summed E-state index contributed by atoms with van der Waals surface area (Å²) in [7, 11) is 0. The second-order valence-electron chi connectivity index (χ2n) is 23.4. The van der Waals surface area contributed by atoms with Crippen molar-refractivity contribution in [3.8, 4) is 0 Å². The fourth-order valence-corrected chi connectivity index (χ4v) is 10.3. The van der Waals surface area contributed by atoms with Gasteiger partial charge in [-0.1, -0.05) is 306 Å². The molecule has 0 N–H and O–H groups in total. The number of unbranched alkanes of at least 4 members (excludes halogenated alkanes) is 43. The fraction of sp³-hybridized carbons (Fsp3) is 0.822. The topological polar surface area (TPSA) is 78.9 Å². The Labute approximate surface area is 491 Å². The second kappa shape index (κ2) is 67.6. The van der Waals surface area contributed by atoms with E-state index in [1.807, 2.05) is 0 Å². The molecule has 6 nitrogen and oxygen atoms in total. The van der Waals surface area contributed by atoms with Gasteiger partial charge in [0.1, 0.15) is 13.2 Å². The maximum absolute atomic E-state index is 12.9. The van der Waals surface area contributed by atoms with E-state index in [-0.39, 0.29) is 31.1 Å². The first kappa shape index (κ1) is 76.1. The van der Waals surface area contributed by atoms with Crippen molar-refractivity contribution >= 4 is 17.9 Å². The van der Waals surface area contributed by atoms with Gasteiger partial charge in [-0.3, -0.25) is 14.4 Å². The monoisotopic (exact) mass is 1110 g/mol. The van der Waals surface area contributed by atoms with Crippen molar-refractivity contribution in [3.63, 3.8) is 0 Å². The van der Waals surface area contributed by atoms with Gasteiger partial charge < -0.3 is 14.2 Å². The van der Waals surface area contributed by atoms with Crippen LogP contribution in [0, 0.1) is 0 Å². The van der Waals surface area contributed by atoms with Gasteiger partial charge in [0, 0.05) is 19.3 Å². The Bertz CT molecular complexity index is 1410. The zero-order valence-corrected chi connectivity index (χ0v) is 52.9. The predicted octanol–water partition coefficient (Wildman–Crippen LogP) is 23.9. The van der Waals surface area contributed by atoms with Gasteiger partial charge in [0.2, 0.25) is 0 Å². The highest BCUT2D eigenvalue weighted by Gasteiger charge is 2.19. The number of ether oxygens (including phenoxy) is 3. The molecule has 79 heavy (non-hydrogen) atoms. The van der Waals surface area contributed by atoms with Gasteiger partial charge in [0.15, 0.2) is 6.10 Å².